The topological polar surface area (TPSA) is 84.8 Å². The van der Waals surface area contributed by atoms with Gasteiger partial charge in [0.1, 0.15) is 11.9 Å². The minimum Gasteiger partial charge on any atom is -0.317 e. The number of nitrogens with zero attached hydrogens (tertiary/aromatic N) is 3. The second kappa shape index (κ2) is 7.03. The summed E-state index contributed by atoms with van der Waals surface area (Å²) >= 11 is 0. The first-order valence-corrected chi connectivity index (χ1v) is 9.40. The molecule has 1 saturated carbocycles. The van der Waals surface area contributed by atoms with E-state index in [0.29, 0.717) is 18.2 Å². The van der Waals surface area contributed by atoms with Crippen LogP contribution in [0.5, 0.6) is 0 Å². The van der Waals surface area contributed by atoms with Gasteiger partial charge < -0.3 is 10.2 Å². The molecular weight excluding hydrogens is 345 g/mol. The van der Waals surface area contributed by atoms with E-state index >= 15 is 0 Å². The zero-order valence-electron chi connectivity index (χ0n) is 15.3. The minimum atomic E-state index is -0.592. The van der Waals surface area contributed by atoms with Gasteiger partial charge in [-0.3, -0.25) is 5.10 Å². The van der Waals surface area contributed by atoms with E-state index in [1.165, 1.54) is 31.0 Å². The van der Waals surface area contributed by atoms with Gasteiger partial charge in [-0.15, -0.1) is 0 Å². The molecule has 2 aliphatic rings. The highest BCUT2D eigenvalue weighted by Crippen LogP contribution is 2.37. The Morgan fingerprint density at radius 3 is 2.93 bits per heavy atom. The van der Waals surface area contributed by atoms with Gasteiger partial charge in [-0.2, -0.15) is 10.4 Å². The minimum absolute atomic E-state index is 0.0188. The van der Waals surface area contributed by atoms with Gasteiger partial charge in [0.05, 0.1) is 17.8 Å². The van der Waals surface area contributed by atoms with Crippen LogP contribution in [0.25, 0.3) is 0 Å². The van der Waals surface area contributed by atoms with Crippen LogP contribution in [-0.4, -0.2) is 27.2 Å². The third-order valence-electron chi connectivity index (χ3n) is 5.69. The number of benzene rings is 1. The van der Waals surface area contributed by atoms with E-state index in [1.54, 1.807) is 11.0 Å². The number of nitriles is 1. The van der Waals surface area contributed by atoms with E-state index in [1.807, 2.05) is 6.92 Å². The van der Waals surface area contributed by atoms with Crippen LogP contribution in [0.15, 0.2) is 18.2 Å². The molecule has 2 N–H and O–H groups in total. The molecule has 2 heterocycles. The number of hydrogen-bond donors (Lipinski definition) is 2. The van der Waals surface area contributed by atoms with Gasteiger partial charge in [-0.25, -0.2) is 9.18 Å². The summed E-state index contributed by atoms with van der Waals surface area (Å²) in [6.07, 6.45) is 5.52. The highest BCUT2D eigenvalue weighted by Gasteiger charge is 2.33. The van der Waals surface area contributed by atoms with Gasteiger partial charge in [-0.1, -0.05) is 12.8 Å². The number of anilines is 1. The predicted molar refractivity (Wildman–Crippen MR) is 98.6 cm³/mol. The maximum Gasteiger partial charge on any atom is 0.322 e. The SMILES string of the molecule is C[C@H]1Cc2[nH]nc(C3CCCC3)c2CN1C(=O)Nc1ccc(F)c(C#N)c1. The van der Waals surface area contributed by atoms with Crippen LogP contribution < -0.4 is 5.32 Å². The molecule has 1 aromatic heterocycles. The van der Waals surface area contributed by atoms with E-state index in [2.05, 4.69) is 15.5 Å². The molecule has 2 amide bonds. The van der Waals surface area contributed by atoms with Crippen molar-refractivity contribution in [3.05, 3.63) is 46.5 Å². The second-order valence-corrected chi connectivity index (χ2v) is 7.46. The summed E-state index contributed by atoms with van der Waals surface area (Å²) in [6, 6.07) is 5.58. The van der Waals surface area contributed by atoms with Crippen molar-refractivity contribution in [2.45, 2.75) is 57.5 Å². The normalized spacial score (nSPS) is 19.6. The Kier molecular flexibility index (Phi) is 4.56. The molecule has 1 aromatic carbocycles. The summed E-state index contributed by atoms with van der Waals surface area (Å²) in [6.45, 7) is 2.51. The quantitative estimate of drug-likeness (QED) is 0.839. The molecule has 7 heteroatoms. The maximum absolute atomic E-state index is 13.5. The molecule has 0 unspecified atom stereocenters. The molecule has 0 bridgehead atoms. The Bertz CT molecular complexity index is 910. The molecule has 1 aliphatic heterocycles. The Morgan fingerprint density at radius 1 is 1.41 bits per heavy atom. The Morgan fingerprint density at radius 2 is 2.19 bits per heavy atom. The molecule has 0 saturated heterocycles. The molecule has 27 heavy (non-hydrogen) atoms. The summed E-state index contributed by atoms with van der Waals surface area (Å²) in [7, 11) is 0. The number of amides is 2. The van der Waals surface area contributed by atoms with Crippen LogP contribution in [0.4, 0.5) is 14.9 Å². The molecule has 4 rings (SSSR count). The van der Waals surface area contributed by atoms with Gasteiger partial charge in [-0.05, 0) is 38.0 Å². The lowest BCUT2D eigenvalue weighted by molar-refractivity contribution is 0.181. The number of urea groups is 1. The Labute approximate surface area is 157 Å². The molecule has 1 aliphatic carbocycles. The number of aromatic nitrogens is 2. The zero-order chi connectivity index (χ0) is 19.0. The molecule has 0 spiro atoms. The van der Waals surface area contributed by atoms with Crippen molar-refractivity contribution in [2.75, 3.05) is 5.32 Å². The fourth-order valence-electron chi connectivity index (χ4n) is 4.19. The van der Waals surface area contributed by atoms with Crippen molar-refractivity contribution in [1.29, 1.82) is 5.26 Å². The van der Waals surface area contributed by atoms with Gasteiger partial charge in [0.25, 0.3) is 0 Å². The lowest BCUT2D eigenvalue weighted by Crippen LogP contribution is -2.45. The summed E-state index contributed by atoms with van der Waals surface area (Å²) < 4.78 is 13.5. The molecule has 140 valence electrons. The lowest BCUT2D eigenvalue weighted by atomic mass is 9.93. The van der Waals surface area contributed by atoms with E-state index in [-0.39, 0.29) is 17.6 Å². The number of halogens is 1. The number of H-pyrrole nitrogens is 1. The number of nitrogens with one attached hydrogen (secondary N) is 2. The van der Waals surface area contributed by atoms with Crippen LogP contribution in [-0.2, 0) is 13.0 Å². The van der Waals surface area contributed by atoms with Gasteiger partial charge in [0, 0.05) is 35.3 Å². The van der Waals surface area contributed by atoms with Crippen molar-refractivity contribution < 1.29 is 9.18 Å². The van der Waals surface area contributed by atoms with E-state index < -0.39 is 5.82 Å². The number of hydrogen-bond acceptors (Lipinski definition) is 3. The zero-order valence-corrected chi connectivity index (χ0v) is 15.3. The Balaban J connectivity index is 1.53. The first-order chi connectivity index (χ1) is 13.1. The van der Waals surface area contributed by atoms with Crippen molar-refractivity contribution in [3.63, 3.8) is 0 Å². The van der Waals surface area contributed by atoms with Crippen molar-refractivity contribution in [2.24, 2.45) is 0 Å². The maximum atomic E-state index is 13.5. The van der Waals surface area contributed by atoms with Crippen LogP contribution in [0, 0.1) is 17.1 Å². The smallest absolute Gasteiger partial charge is 0.317 e. The van der Waals surface area contributed by atoms with Crippen molar-refractivity contribution in [1.82, 2.24) is 15.1 Å². The average molecular weight is 367 g/mol. The van der Waals surface area contributed by atoms with Gasteiger partial charge in [0.15, 0.2) is 0 Å². The fourth-order valence-corrected chi connectivity index (χ4v) is 4.19. The first kappa shape index (κ1) is 17.5. The number of carbonyl (C=O) groups excluding carboxylic acids is 1. The molecule has 2 aromatic rings. The van der Waals surface area contributed by atoms with Crippen molar-refractivity contribution in [3.8, 4) is 6.07 Å². The lowest BCUT2D eigenvalue weighted by Gasteiger charge is -2.33. The van der Waals surface area contributed by atoms with E-state index in [4.69, 9.17) is 5.26 Å². The van der Waals surface area contributed by atoms with Crippen LogP contribution in [0.1, 0.15) is 61.0 Å². The first-order valence-electron chi connectivity index (χ1n) is 9.40. The number of carbonyl (C=O) groups is 1. The van der Waals surface area contributed by atoms with E-state index in [9.17, 15) is 9.18 Å². The monoisotopic (exact) mass is 367 g/mol. The highest BCUT2D eigenvalue weighted by atomic mass is 19.1. The number of aromatic amines is 1. The highest BCUT2D eigenvalue weighted by molar-refractivity contribution is 5.90. The number of rotatable bonds is 2. The Hall–Kier alpha value is -2.88. The summed E-state index contributed by atoms with van der Waals surface area (Å²) in [5, 5.41) is 19.5. The second-order valence-electron chi connectivity index (χ2n) is 7.46. The van der Waals surface area contributed by atoms with Crippen LogP contribution in [0.2, 0.25) is 0 Å². The van der Waals surface area contributed by atoms with E-state index in [0.717, 1.165) is 36.2 Å². The van der Waals surface area contributed by atoms with Crippen LogP contribution in [0.3, 0.4) is 0 Å². The average Bonchev–Trinajstić information content (AvgIpc) is 3.31. The summed E-state index contributed by atoms with van der Waals surface area (Å²) in [5.41, 5.74) is 3.72. The molecule has 6 nitrogen and oxygen atoms in total. The standard InChI is InChI=1S/C20H22FN5O/c1-12-8-18-16(19(25-24-18)13-4-2-3-5-13)11-26(12)20(27)23-15-6-7-17(21)14(9-15)10-22/h6-7,9,12-13H,2-5,8,11H2,1H3,(H,23,27)(H,24,25)/t12-/m0/s1. The molecular formula is C20H22FN5O. The largest absolute Gasteiger partial charge is 0.322 e. The molecule has 1 fully saturated rings. The van der Waals surface area contributed by atoms with Crippen molar-refractivity contribution >= 4 is 11.7 Å². The third-order valence-corrected chi connectivity index (χ3v) is 5.69. The predicted octanol–water partition coefficient (Wildman–Crippen LogP) is 4.06. The summed E-state index contributed by atoms with van der Waals surface area (Å²) in [5.74, 6) is -0.107. The molecule has 0 radical (unpaired) electrons. The fraction of sp³-hybridized carbons (Fsp3) is 0.450. The summed E-state index contributed by atoms with van der Waals surface area (Å²) in [4.78, 5) is 14.6. The molecule has 1 atom stereocenters. The van der Waals surface area contributed by atoms with Gasteiger partial charge in [0.2, 0.25) is 0 Å². The third kappa shape index (κ3) is 3.27. The number of fused-ring (bicyclic) bond motifs is 1. The van der Waals surface area contributed by atoms with Crippen LogP contribution >= 0.6 is 0 Å². The van der Waals surface area contributed by atoms with Gasteiger partial charge >= 0.3 is 6.03 Å².